The van der Waals surface area contributed by atoms with Crippen LogP contribution in [0.1, 0.15) is 33.3 Å². The Balaban J connectivity index is 1.85. The van der Waals surface area contributed by atoms with Gasteiger partial charge in [0.2, 0.25) is 0 Å². The van der Waals surface area contributed by atoms with Gasteiger partial charge in [0, 0.05) is 26.7 Å². The van der Waals surface area contributed by atoms with Crippen LogP contribution in [0.15, 0.2) is 29.3 Å². The maximum Gasteiger partial charge on any atom is 0.193 e. The zero-order chi connectivity index (χ0) is 20.1. The predicted molar refractivity (Wildman–Crippen MR) is 111 cm³/mol. The largest absolute Gasteiger partial charge is 0.493 e. The van der Waals surface area contributed by atoms with Crippen molar-refractivity contribution in [2.75, 3.05) is 39.0 Å². The molecule has 1 aliphatic heterocycles. The fourth-order valence-corrected chi connectivity index (χ4v) is 4.36. The summed E-state index contributed by atoms with van der Waals surface area (Å²) in [6, 6.07) is 8.17. The van der Waals surface area contributed by atoms with Crippen molar-refractivity contribution in [2.45, 2.75) is 38.9 Å². The summed E-state index contributed by atoms with van der Waals surface area (Å²) in [5.41, 5.74) is 1.22. The van der Waals surface area contributed by atoms with Crippen molar-refractivity contribution >= 4 is 15.8 Å². The lowest BCUT2D eigenvalue weighted by Crippen LogP contribution is -2.57. The van der Waals surface area contributed by atoms with Gasteiger partial charge in [0.25, 0.3) is 0 Å². The van der Waals surface area contributed by atoms with Gasteiger partial charge in [0.05, 0.1) is 17.1 Å². The Hall–Kier alpha value is -1.76. The molecule has 1 heterocycles. The Morgan fingerprint density at radius 1 is 1.30 bits per heavy atom. The van der Waals surface area contributed by atoms with Gasteiger partial charge in [-0.2, -0.15) is 0 Å². The van der Waals surface area contributed by atoms with Crippen molar-refractivity contribution in [2.24, 2.45) is 10.9 Å². The number of benzene rings is 1. The number of nitrogens with one attached hydrogen (secondary N) is 1. The molecule has 2 rings (SSSR count). The van der Waals surface area contributed by atoms with E-state index in [1.807, 2.05) is 17.0 Å². The number of ether oxygens (including phenoxy) is 1. The molecule has 1 fully saturated rings. The van der Waals surface area contributed by atoms with E-state index < -0.39 is 14.6 Å². The summed E-state index contributed by atoms with van der Waals surface area (Å²) in [6.45, 7) is 10.2. The van der Waals surface area contributed by atoms with Gasteiger partial charge in [-0.25, -0.2) is 8.42 Å². The van der Waals surface area contributed by atoms with Crippen molar-refractivity contribution in [1.29, 1.82) is 0 Å². The molecule has 0 atom stereocenters. The topological polar surface area (TPSA) is 71.0 Å². The van der Waals surface area contributed by atoms with E-state index in [0.29, 0.717) is 19.0 Å². The molecule has 7 heteroatoms. The fraction of sp³-hybridized carbons (Fsp3) is 0.650. The van der Waals surface area contributed by atoms with Gasteiger partial charge in [0.1, 0.15) is 5.75 Å². The molecule has 1 saturated heterocycles. The van der Waals surface area contributed by atoms with Crippen LogP contribution in [0.2, 0.25) is 0 Å². The molecule has 1 aliphatic rings. The molecule has 0 spiro atoms. The molecule has 0 bridgehead atoms. The molecule has 0 radical (unpaired) electrons. The monoisotopic (exact) mass is 395 g/mol. The Bertz CT molecular complexity index is 740. The number of aliphatic imine (C=N–C) groups is 1. The Morgan fingerprint density at radius 3 is 2.52 bits per heavy atom. The van der Waals surface area contributed by atoms with Crippen molar-refractivity contribution in [1.82, 2.24) is 10.2 Å². The lowest BCUT2D eigenvalue weighted by molar-refractivity contribution is 0.271. The number of hydrogen-bond donors (Lipinski definition) is 1. The zero-order valence-corrected chi connectivity index (χ0v) is 18.0. The summed E-state index contributed by atoms with van der Waals surface area (Å²) in [7, 11) is -1.31. The van der Waals surface area contributed by atoms with Gasteiger partial charge in [0.15, 0.2) is 15.8 Å². The van der Waals surface area contributed by atoms with Crippen molar-refractivity contribution < 1.29 is 13.2 Å². The van der Waals surface area contributed by atoms with Crippen LogP contribution in [0, 0.1) is 5.92 Å². The van der Waals surface area contributed by atoms with Gasteiger partial charge in [-0.05, 0) is 43.9 Å². The summed E-state index contributed by atoms with van der Waals surface area (Å²) in [5, 5.41) is 3.36. The molecule has 27 heavy (non-hydrogen) atoms. The van der Waals surface area contributed by atoms with Crippen LogP contribution in [0.4, 0.5) is 0 Å². The van der Waals surface area contributed by atoms with E-state index in [1.165, 1.54) is 5.56 Å². The third-order valence-electron chi connectivity index (χ3n) is 4.76. The van der Waals surface area contributed by atoms with Gasteiger partial charge in [-0.3, -0.25) is 4.99 Å². The van der Waals surface area contributed by atoms with Crippen LogP contribution in [-0.4, -0.2) is 63.1 Å². The first-order valence-electron chi connectivity index (χ1n) is 9.54. The minimum Gasteiger partial charge on any atom is -0.493 e. The normalized spacial score (nSPS) is 19.2. The SMILES string of the molecule is CN=C(NCCc1ccc(OCC(C)C)cc1)N1CCS(=O)(=O)C(C)(C)C1. The van der Waals surface area contributed by atoms with Gasteiger partial charge in [-0.15, -0.1) is 0 Å². The molecule has 0 aromatic heterocycles. The van der Waals surface area contributed by atoms with Crippen LogP contribution in [-0.2, 0) is 16.3 Å². The highest BCUT2D eigenvalue weighted by molar-refractivity contribution is 7.92. The fourth-order valence-electron chi connectivity index (χ4n) is 2.99. The number of sulfone groups is 1. The average Bonchev–Trinajstić information content (AvgIpc) is 2.60. The Kier molecular flexibility index (Phi) is 7.14. The third-order valence-corrected chi connectivity index (χ3v) is 7.29. The van der Waals surface area contributed by atoms with E-state index in [-0.39, 0.29) is 5.75 Å². The minimum atomic E-state index is -3.05. The summed E-state index contributed by atoms with van der Waals surface area (Å²) in [4.78, 5) is 6.36. The van der Waals surface area contributed by atoms with E-state index in [4.69, 9.17) is 4.74 Å². The first-order chi connectivity index (χ1) is 12.6. The van der Waals surface area contributed by atoms with Crippen LogP contribution < -0.4 is 10.1 Å². The second kappa shape index (κ2) is 8.95. The Labute approximate surface area is 163 Å². The van der Waals surface area contributed by atoms with Crippen molar-refractivity contribution in [3.05, 3.63) is 29.8 Å². The first kappa shape index (κ1) is 21.5. The lowest BCUT2D eigenvalue weighted by Gasteiger charge is -2.39. The highest BCUT2D eigenvalue weighted by Gasteiger charge is 2.40. The predicted octanol–water partition coefficient (Wildman–Crippen LogP) is 2.35. The molecule has 1 aromatic carbocycles. The molecule has 152 valence electrons. The summed E-state index contributed by atoms with van der Waals surface area (Å²) >= 11 is 0. The molecular formula is C20H33N3O3S. The number of rotatable bonds is 6. The zero-order valence-electron chi connectivity index (χ0n) is 17.2. The molecular weight excluding hydrogens is 362 g/mol. The maximum absolute atomic E-state index is 12.2. The van der Waals surface area contributed by atoms with E-state index in [1.54, 1.807) is 20.9 Å². The molecule has 1 aromatic rings. The molecule has 0 unspecified atom stereocenters. The summed E-state index contributed by atoms with van der Waals surface area (Å²) in [6.07, 6.45) is 0.860. The second-order valence-electron chi connectivity index (χ2n) is 8.07. The highest BCUT2D eigenvalue weighted by Crippen LogP contribution is 2.23. The van der Waals surface area contributed by atoms with Gasteiger partial charge in [-0.1, -0.05) is 26.0 Å². The molecule has 1 N–H and O–H groups in total. The van der Waals surface area contributed by atoms with Crippen LogP contribution >= 0.6 is 0 Å². The number of hydrogen-bond acceptors (Lipinski definition) is 4. The summed E-state index contributed by atoms with van der Waals surface area (Å²) in [5.74, 6) is 2.33. The second-order valence-corrected chi connectivity index (χ2v) is 10.8. The van der Waals surface area contributed by atoms with E-state index in [2.05, 4.69) is 36.3 Å². The van der Waals surface area contributed by atoms with E-state index in [9.17, 15) is 8.42 Å². The van der Waals surface area contributed by atoms with Crippen LogP contribution in [0.5, 0.6) is 5.75 Å². The van der Waals surface area contributed by atoms with Crippen molar-refractivity contribution in [3.63, 3.8) is 0 Å². The molecule has 0 amide bonds. The lowest BCUT2D eigenvalue weighted by atomic mass is 10.1. The average molecular weight is 396 g/mol. The van der Waals surface area contributed by atoms with Gasteiger partial charge >= 0.3 is 0 Å². The van der Waals surface area contributed by atoms with E-state index in [0.717, 1.165) is 31.3 Å². The number of guanidine groups is 1. The highest BCUT2D eigenvalue weighted by atomic mass is 32.2. The summed E-state index contributed by atoms with van der Waals surface area (Å²) < 4.78 is 29.3. The van der Waals surface area contributed by atoms with Crippen LogP contribution in [0.25, 0.3) is 0 Å². The first-order valence-corrected chi connectivity index (χ1v) is 11.2. The quantitative estimate of drug-likeness (QED) is 0.591. The third kappa shape index (κ3) is 5.86. The Morgan fingerprint density at radius 2 is 1.96 bits per heavy atom. The van der Waals surface area contributed by atoms with Crippen LogP contribution in [0.3, 0.4) is 0 Å². The standard InChI is InChI=1S/C20H33N3O3S/c1-16(2)14-26-18-8-6-17(7-9-18)10-11-22-19(21-5)23-12-13-27(24,25)20(3,4)15-23/h6-9,16H,10-15H2,1-5H3,(H,21,22). The maximum atomic E-state index is 12.2. The molecule has 0 saturated carbocycles. The number of nitrogens with zero attached hydrogens (tertiary/aromatic N) is 2. The molecule has 0 aliphatic carbocycles. The smallest absolute Gasteiger partial charge is 0.193 e. The minimum absolute atomic E-state index is 0.165. The van der Waals surface area contributed by atoms with Gasteiger partial charge < -0.3 is 15.0 Å². The molecule has 6 nitrogen and oxygen atoms in total. The van der Waals surface area contributed by atoms with Crippen molar-refractivity contribution in [3.8, 4) is 5.75 Å². The van der Waals surface area contributed by atoms with E-state index >= 15 is 0 Å².